The molecule has 0 saturated carbocycles. The van der Waals surface area contributed by atoms with Crippen LogP contribution in [0.1, 0.15) is 11.1 Å². The Balaban J connectivity index is 2.00. The quantitative estimate of drug-likeness (QED) is 0.590. The highest BCUT2D eigenvalue weighted by atomic mass is 35.5. The van der Waals surface area contributed by atoms with E-state index >= 15 is 0 Å². The number of alkyl halides is 3. The maximum atomic E-state index is 12.9. The van der Waals surface area contributed by atoms with Crippen molar-refractivity contribution in [2.45, 2.75) is 12.8 Å². The minimum absolute atomic E-state index is 0.167. The lowest BCUT2D eigenvalue weighted by atomic mass is 10.1. The fraction of sp³-hybridized carbons (Fsp3) is 0.118. The van der Waals surface area contributed by atoms with E-state index in [0.29, 0.717) is 5.52 Å². The van der Waals surface area contributed by atoms with Crippen molar-refractivity contribution in [1.29, 1.82) is 0 Å². The molecule has 1 heterocycles. The van der Waals surface area contributed by atoms with Crippen molar-refractivity contribution in [1.82, 2.24) is 4.98 Å². The van der Waals surface area contributed by atoms with Gasteiger partial charge in [-0.15, -0.1) is 0 Å². The van der Waals surface area contributed by atoms with Gasteiger partial charge in [0.05, 0.1) is 11.1 Å². The Kier molecular flexibility index (Phi) is 4.13. The number of halogens is 4. The summed E-state index contributed by atoms with van der Waals surface area (Å²) in [5.41, 5.74) is 0.507. The molecule has 1 aromatic heterocycles. The minimum atomic E-state index is -4.43. The lowest BCUT2D eigenvalue weighted by Gasteiger charge is -2.12. The number of ether oxygens (including phenoxy) is 1. The molecule has 3 aromatic rings. The summed E-state index contributed by atoms with van der Waals surface area (Å²) in [6.07, 6.45) is -4.43. The number of benzene rings is 2. The zero-order chi connectivity index (χ0) is 16.4. The van der Waals surface area contributed by atoms with E-state index in [1.165, 1.54) is 12.1 Å². The largest absolute Gasteiger partial charge is 0.488 e. The number of fused-ring (bicyclic) bond motifs is 1. The third-order valence-electron chi connectivity index (χ3n) is 3.30. The van der Waals surface area contributed by atoms with Crippen molar-refractivity contribution in [3.05, 3.63) is 70.9 Å². The summed E-state index contributed by atoms with van der Waals surface area (Å²) in [5, 5.41) is 0.445. The zero-order valence-corrected chi connectivity index (χ0v) is 12.5. The molecule has 0 bridgehead atoms. The third kappa shape index (κ3) is 3.56. The summed E-state index contributed by atoms with van der Waals surface area (Å²) in [7, 11) is 0. The van der Waals surface area contributed by atoms with E-state index in [1.807, 2.05) is 30.3 Å². The first-order valence-electron chi connectivity index (χ1n) is 6.78. The molecular formula is C17H11ClF3NO. The number of hydrogen-bond acceptors (Lipinski definition) is 2. The molecule has 6 heteroatoms. The van der Waals surface area contributed by atoms with Gasteiger partial charge in [0.25, 0.3) is 0 Å². The molecule has 0 fully saturated rings. The summed E-state index contributed by atoms with van der Waals surface area (Å²) >= 11 is 5.92. The van der Waals surface area contributed by atoms with Crippen LogP contribution in [-0.2, 0) is 12.8 Å². The fourth-order valence-electron chi connectivity index (χ4n) is 2.20. The summed E-state index contributed by atoms with van der Waals surface area (Å²) in [6.45, 7) is 0.229. The Morgan fingerprint density at radius 3 is 2.43 bits per heavy atom. The maximum Gasteiger partial charge on any atom is 0.416 e. The van der Waals surface area contributed by atoms with E-state index in [-0.39, 0.29) is 22.9 Å². The molecule has 118 valence electrons. The predicted molar refractivity (Wildman–Crippen MR) is 82.5 cm³/mol. The average molecular weight is 338 g/mol. The van der Waals surface area contributed by atoms with Gasteiger partial charge in [0, 0.05) is 11.5 Å². The fourth-order valence-corrected chi connectivity index (χ4v) is 2.39. The highest BCUT2D eigenvalue weighted by Gasteiger charge is 2.30. The van der Waals surface area contributed by atoms with Gasteiger partial charge < -0.3 is 4.74 Å². The molecule has 0 aliphatic heterocycles. The lowest BCUT2D eigenvalue weighted by molar-refractivity contribution is -0.137. The van der Waals surface area contributed by atoms with Gasteiger partial charge in [-0.1, -0.05) is 41.9 Å². The van der Waals surface area contributed by atoms with Crippen LogP contribution in [0.5, 0.6) is 5.75 Å². The molecule has 0 amide bonds. The topological polar surface area (TPSA) is 22.1 Å². The maximum absolute atomic E-state index is 12.9. The zero-order valence-electron chi connectivity index (χ0n) is 11.8. The SMILES string of the molecule is FC(F)(F)c1ccc2nc(Cl)cc(OCc3ccccc3)c2c1. The van der Waals surface area contributed by atoms with Crippen LogP contribution in [0.2, 0.25) is 5.15 Å². The second kappa shape index (κ2) is 6.08. The average Bonchev–Trinajstić information content (AvgIpc) is 2.52. The highest BCUT2D eigenvalue weighted by Crippen LogP contribution is 2.35. The molecule has 0 radical (unpaired) electrons. The van der Waals surface area contributed by atoms with E-state index in [4.69, 9.17) is 16.3 Å². The molecule has 0 atom stereocenters. The van der Waals surface area contributed by atoms with Gasteiger partial charge in [0.15, 0.2) is 0 Å². The summed E-state index contributed by atoms with van der Waals surface area (Å²) in [5.74, 6) is 0.273. The molecule has 0 spiro atoms. The lowest BCUT2D eigenvalue weighted by Crippen LogP contribution is -2.05. The third-order valence-corrected chi connectivity index (χ3v) is 3.50. The van der Waals surface area contributed by atoms with Crippen LogP contribution in [0.4, 0.5) is 13.2 Å². The van der Waals surface area contributed by atoms with Crippen LogP contribution >= 0.6 is 11.6 Å². The molecule has 3 rings (SSSR count). The molecule has 23 heavy (non-hydrogen) atoms. The number of nitrogens with zero attached hydrogens (tertiary/aromatic N) is 1. The van der Waals surface area contributed by atoms with Crippen LogP contribution < -0.4 is 4.74 Å². The van der Waals surface area contributed by atoms with Gasteiger partial charge in [-0.2, -0.15) is 13.2 Å². The Morgan fingerprint density at radius 1 is 1.00 bits per heavy atom. The molecular weight excluding hydrogens is 327 g/mol. The molecule has 0 saturated heterocycles. The van der Waals surface area contributed by atoms with E-state index in [2.05, 4.69) is 4.98 Å². The Hall–Kier alpha value is -2.27. The van der Waals surface area contributed by atoms with Crippen LogP contribution in [0, 0.1) is 0 Å². The van der Waals surface area contributed by atoms with Gasteiger partial charge in [-0.05, 0) is 23.8 Å². The monoisotopic (exact) mass is 337 g/mol. The van der Waals surface area contributed by atoms with Crippen molar-refractivity contribution >= 4 is 22.5 Å². The highest BCUT2D eigenvalue weighted by molar-refractivity contribution is 6.30. The first kappa shape index (κ1) is 15.6. The summed E-state index contributed by atoms with van der Waals surface area (Å²) in [6, 6.07) is 14.0. The van der Waals surface area contributed by atoms with Crippen molar-refractivity contribution in [2.75, 3.05) is 0 Å². The second-order valence-corrected chi connectivity index (χ2v) is 5.33. The van der Waals surface area contributed by atoms with E-state index in [0.717, 1.165) is 17.7 Å². The van der Waals surface area contributed by atoms with Crippen LogP contribution in [-0.4, -0.2) is 4.98 Å². The van der Waals surface area contributed by atoms with Crippen molar-refractivity contribution in [2.24, 2.45) is 0 Å². The molecule has 0 aliphatic carbocycles. The van der Waals surface area contributed by atoms with E-state index in [1.54, 1.807) is 0 Å². The van der Waals surface area contributed by atoms with Gasteiger partial charge in [-0.3, -0.25) is 0 Å². The molecule has 2 aromatic carbocycles. The first-order valence-corrected chi connectivity index (χ1v) is 7.15. The number of hydrogen-bond donors (Lipinski definition) is 0. The van der Waals surface area contributed by atoms with E-state index in [9.17, 15) is 13.2 Å². The van der Waals surface area contributed by atoms with Crippen LogP contribution in [0.15, 0.2) is 54.6 Å². The van der Waals surface area contributed by atoms with Crippen LogP contribution in [0.25, 0.3) is 10.9 Å². The Bertz CT molecular complexity index is 834. The van der Waals surface area contributed by atoms with Crippen LogP contribution in [0.3, 0.4) is 0 Å². The van der Waals surface area contributed by atoms with Crippen molar-refractivity contribution < 1.29 is 17.9 Å². The first-order chi connectivity index (χ1) is 10.9. The smallest absolute Gasteiger partial charge is 0.416 e. The van der Waals surface area contributed by atoms with Gasteiger partial charge >= 0.3 is 6.18 Å². The number of pyridine rings is 1. The normalized spacial score (nSPS) is 11.7. The molecule has 2 nitrogen and oxygen atoms in total. The standard InChI is InChI=1S/C17H11ClF3NO/c18-16-9-15(23-10-11-4-2-1-3-5-11)13-8-12(17(19,20)21)6-7-14(13)22-16/h1-9H,10H2. The Morgan fingerprint density at radius 2 is 1.74 bits per heavy atom. The molecule has 0 aliphatic rings. The van der Waals surface area contributed by atoms with Gasteiger partial charge in [0.2, 0.25) is 0 Å². The number of aromatic nitrogens is 1. The molecule has 0 unspecified atom stereocenters. The number of rotatable bonds is 3. The predicted octanol–water partition coefficient (Wildman–Crippen LogP) is 5.49. The summed E-state index contributed by atoms with van der Waals surface area (Å²) in [4.78, 5) is 4.03. The Labute approximate surface area is 135 Å². The van der Waals surface area contributed by atoms with Gasteiger partial charge in [0.1, 0.15) is 17.5 Å². The van der Waals surface area contributed by atoms with E-state index < -0.39 is 11.7 Å². The van der Waals surface area contributed by atoms with Gasteiger partial charge in [-0.25, -0.2) is 4.98 Å². The minimum Gasteiger partial charge on any atom is -0.488 e. The van der Waals surface area contributed by atoms with Crippen molar-refractivity contribution in [3.8, 4) is 5.75 Å². The second-order valence-electron chi connectivity index (χ2n) is 4.95. The summed E-state index contributed by atoms with van der Waals surface area (Å²) < 4.78 is 44.3. The molecule has 0 N–H and O–H groups in total. The van der Waals surface area contributed by atoms with Crippen molar-refractivity contribution in [3.63, 3.8) is 0 Å².